The van der Waals surface area contributed by atoms with E-state index >= 15 is 0 Å². The fourth-order valence-corrected chi connectivity index (χ4v) is 3.76. The molecule has 0 saturated heterocycles. The van der Waals surface area contributed by atoms with Crippen LogP contribution in [0.15, 0.2) is 24.4 Å². The third-order valence-corrected chi connectivity index (χ3v) is 4.80. The number of aromatic nitrogens is 3. The highest BCUT2D eigenvalue weighted by Gasteiger charge is 2.23. The van der Waals surface area contributed by atoms with Gasteiger partial charge in [0.25, 0.3) is 0 Å². The number of fused-ring (bicyclic) bond motifs is 2. The van der Waals surface area contributed by atoms with Gasteiger partial charge in [-0.25, -0.2) is 0 Å². The van der Waals surface area contributed by atoms with Crippen LogP contribution in [-0.2, 0) is 6.42 Å². The second-order valence-corrected chi connectivity index (χ2v) is 6.05. The molecule has 1 aromatic carbocycles. The molecule has 4 nitrogen and oxygen atoms in total. The van der Waals surface area contributed by atoms with Gasteiger partial charge in [0.05, 0.1) is 22.4 Å². The quantitative estimate of drug-likeness (QED) is 0.749. The third-order valence-electron chi connectivity index (χ3n) is 3.95. The number of benzene rings is 1. The van der Waals surface area contributed by atoms with Crippen molar-refractivity contribution in [3.8, 4) is 5.69 Å². The Kier molecular flexibility index (Phi) is 2.80. The molecule has 0 fully saturated rings. The van der Waals surface area contributed by atoms with Gasteiger partial charge in [0.2, 0.25) is 0 Å². The molecule has 2 heterocycles. The Balaban J connectivity index is 2.00. The molecule has 1 aliphatic rings. The maximum atomic E-state index is 6.42. The summed E-state index contributed by atoms with van der Waals surface area (Å²) in [5.41, 5.74) is 11.4. The lowest BCUT2D eigenvalue weighted by Gasteiger charge is -2.21. The monoisotopic (exact) mass is 304 g/mol. The standard InChI is InChI=1S/C14H13ClN4S/c15-9-4-5-11-13(18-20-17-11)14(9)19-7-6-8-10(16)2-1-3-12(8)19/h4-7,10H,1-3,16H2. The van der Waals surface area contributed by atoms with Crippen LogP contribution in [0.1, 0.15) is 30.1 Å². The van der Waals surface area contributed by atoms with Crippen LogP contribution in [0, 0.1) is 0 Å². The van der Waals surface area contributed by atoms with Crippen LogP contribution in [0.4, 0.5) is 0 Å². The molecule has 0 radical (unpaired) electrons. The topological polar surface area (TPSA) is 56.7 Å². The first-order valence-corrected chi connectivity index (χ1v) is 7.73. The summed E-state index contributed by atoms with van der Waals surface area (Å²) in [7, 11) is 0. The van der Waals surface area contributed by atoms with Gasteiger partial charge in [-0.3, -0.25) is 0 Å². The maximum absolute atomic E-state index is 6.42. The van der Waals surface area contributed by atoms with Crippen molar-refractivity contribution in [3.63, 3.8) is 0 Å². The van der Waals surface area contributed by atoms with Gasteiger partial charge in [0.1, 0.15) is 11.0 Å². The lowest BCUT2D eigenvalue weighted by atomic mass is 9.93. The molecule has 2 N–H and O–H groups in total. The van der Waals surface area contributed by atoms with Gasteiger partial charge in [-0.2, -0.15) is 8.75 Å². The Labute approximate surface area is 125 Å². The van der Waals surface area contributed by atoms with E-state index in [0.717, 1.165) is 36.0 Å². The molecular weight excluding hydrogens is 292 g/mol. The largest absolute Gasteiger partial charge is 0.324 e. The third kappa shape index (κ3) is 1.70. The van der Waals surface area contributed by atoms with Crippen molar-refractivity contribution in [2.75, 3.05) is 0 Å². The number of rotatable bonds is 1. The van der Waals surface area contributed by atoms with Gasteiger partial charge in [-0.05, 0) is 43.0 Å². The molecule has 4 rings (SSSR count). The highest BCUT2D eigenvalue weighted by atomic mass is 35.5. The van der Waals surface area contributed by atoms with Crippen LogP contribution in [0.2, 0.25) is 5.02 Å². The Hall–Kier alpha value is -1.43. The van der Waals surface area contributed by atoms with E-state index in [0.29, 0.717) is 5.02 Å². The SMILES string of the molecule is NC1CCCc2c1ccn2-c1c(Cl)ccc2nsnc12. The highest BCUT2D eigenvalue weighted by Crippen LogP contribution is 2.35. The van der Waals surface area contributed by atoms with E-state index in [4.69, 9.17) is 17.3 Å². The summed E-state index contributed by atoms with van der Waals surface area (Å²) in [6, 6.07) is 6.03. The van der Waals surface area contributed by atoms with Crippen LogP contribution >= 0.6 is 23.3 Å². The number of nitrogens with two attached hydrogens (primary N) is 1. The molecular formula is C14H13ClN4S. The number of halogens is 1. The van der Waals surface area contributed by atoms with Crippen LogP contribution < -0.4 is 5.73 Å². The van der Waals surface area contributed by atoms with Crippen LogP contribution in [-0.4, -0.2) is 13.3 Å². The van der Waals surface area contributed by atoms with E-state index in [-0.39, 0.29) is 6.04 Å². The number of hydrogen-bond donors (Lipinski definition) is 1. The van der Waals surface area contributed by atoms with Crippen molar-refractivity contribution in [2.45, 2.75) is 25.3 Å². The molecule has 0 saturated carbocycles. The first-order valence-electron chi connectivity index (χ1n) is 6.62. The average molecular weight is 305 g/mol. The summed E-state index contributed by atoms with van der Waals surface area (Å²) in [5, 5.41) is 0.697. The fraction of sp³-hybridized carbons (Fsp3) is 0.286. The Bertz CT molecular complexity index is 792. The van der Waals surface area contributed by atoms with Crippen LogP contribution in [0.5, 0.6) is 0 Å². The minimum Gasteiger partial charge on any atom is -0.324 e. The van der Waals surface area contributed by atoms with E-state index in [2.05, 4.69) is 25.6 Å². The van der Waals surface area contributed by atoms with E-state index < -0.39 is 0 Å². The molecule has 102 valence electrons. The number of hydrogen-bond acceptors (Lipinski definition) is 4. The van der Waals surface area contributed by atoms with Gasteiger partial charge in [0, 0.05) is 17.9 Å². The van der Waals surface area contributed by atoms with Crippen molar-refractivity contribution < 1.29 is 0 Å². The molecule has 1 unspecified atom stereocenters. The second kappa shape index (κ2) is 4.55. The first kappa shape index (κ1) is 12.3. The van der Waals surface area contributed by atoms with Crippen molar-refractivity contribution in [1.29, 1.82) is 0 Å². The molecule has 0 bridgehead atoms. The lowest BCUT2D eigenvalue weighted by molar-refractivity contribution is 0.560. The minimum absolute atomic E-state index is 0.131. The zero-order valence-electron chi connectivity index (χ0n) is 10.7. The van der Waals surface area contributed by atoms with Gasteiger partial charge < -0.3 is 10.3 Å². The van der Waals surface area contributed by atoms with Gasteiger partial charge in [-0.15, -0.1) is 0 Å². The van der Waals surface area contributed by atoms with E-state index in [1.165, 1.54) is 23.0 Å². The van der Waals surface area contributed by atoms with E-state index in [1.54, 1.807) is 0 Å². The molecule has 20 heavy (non-hydrogen) atoms. The average Bonchev–Trinajstić information content (AvgIpc) is 3.06. The fourth-order valence-electron chi connectivity index (χ4n) is 2.98. The van der Waals surface area contributed by atoms with Gasteiger partial charge in [-0.1, -0.05) is 11.6 Å². The summed E-state index contributed by atoms with van der Waals surface area (Å²) < 4.78 is 10.8. The first-order chi connectivity index (χ1) is 9.75. The summed E-state index contributed by atoms with van der Waals surface area (Å²) in [6.07, 6.45) is 5.24. The molecule has 0 amide bonds. The van der Waals surface area contributed by atoms with Crippen LogP contribution in [0.3, 0.4) is 0 Å². The summed E-state index contributed by atoms with van der Waals surface area (Å²) in [6.45, 7) is 0. The van der Waals surface area contributed by atoms with E-state index in [1.807, 2.05) is 12.1 Å². The Morgan fingerprint density at radius 1 is 1.30 bits per heavy atom. The van der Waals surface area contributed by atoms with Gasteiger partial charge >= 0.3 is 0 Å². The highest BCUT2D eigenvalue weighted by molar-refractivity contribution is 7.00. The van der Waals surface area contributed by atoms with Crippen molar-refractivity contribution in [2.24, 2.45) is 5.73 Å². The van der Waals surface area contributed by atoms with Crippen molar-refractivity contribution in [3.05, 3.63) is 40.7 Å². The minimum atomic E-state index is 0.131. The smallest absolute Gasteiger partial charge is 0.130 e. The molecule has 2 aromatic heterocycles. The molecule has 0 spiro atoms. The number of nitrogens with zero attached hydrogens (tertiary/aromatic N) is 3. The second-order valence-electron chi connectivity index (χ2n) is 5.11. The Morgan fingerprint density at radius 3 is 3.10 bits per heavy atom. The molecule has 1 aliphatic carbocycles. The predicted octanol–water partition coefficient (Wildman–Crippen LogP) is 3.47. The summed E-state index contributed by atoms with van der Waals surface area (Å²) >= 11 is 7.63. The van der Waals surface area contributed by atoms with Crippen molar-refractivity contribution >= 4 is 34.4 Å². The van der Waals surface area contributed by atoms with Crippen LogP contribution in [0.25, 0.3) is 16.7 Å². The maximum Gasteiger partial charge on any atom is 0.130 e. The van der Waals surface area contributed by atoms with Gasteiger partial charge in [0.15, 0.2) is 0 Å². The summed E-state index contributed by atoms with van der Waals surface area (Å²) in [5.74, 6) is 0. The normalized spacial score (nSPS) is 18.4. The molecule has 3 aromatic rings. The van der Waals surface area contributed by atoms with Crippen molar-refractivity contribution in [1.82, 2.24) is 13.3 Å². The molecule has 0 aliphatic heterocycles. The predicted molar refractivity (Wildman–Crippen MR) is 81.6 cm³/mol. The Morgan fingerprint density at radius 2 is 2.20 bits per heavy atom. The zero-order chi connectivity index (χ0) is 13.7. The molecule has 6 heteroatoms. The lowest BCUT2D eigenvalue weighted by Crippen LogP contribution is -2.18. The molecule has 1 atom stereocenters. The zero-order valence-corrected chi connectivity index (χ0v) is 12.3. The van der Waals surface area contributed by atoms with E-state index in [9.17, 15) is 0 Å². The summed E-state index contributed by atoms with van der Waals surface area (Å²) in [4.78, 5) is 0.